The topological polar surface area (TPSA) is 89.3 Å². The number of imidazole rings is 1. The third-order valence-electron chi connectivity index (χ3n) is 5.12. The maximum atomic E-state index is 13.4. The molecular formula is C24H18FN5O. The fourth-order valence-electron chi connectivity index (χ4n) is 3.54. The van der Waals surface area contributed by atoms with Crippen LogP contribution >= 0.6 is 0 Å². The molecule has 0 radical (unpaired) electrons. The summed E-state index contributed by atoms with van der Waals surface area (Å²) in [6.45, 7) is -0.0389. The van der Waals surface area contributed by atoms with Crippen LogP contribution in [-0.4, -0.2) is 24.7 Å². The number of nitrogens with zero attached hydrogens (tertiary/aromatic N) is 4. The van der Waals surface area contributed by atoms with Crippen LogP contribution < -0.4 is 5.73 Å². The van der Waals surface area contributed by atoms with Crippen molar-refractivity contribution in [1.29, 1.82) is 0 Å². The molecule has 7 heteroatoms. The van der Waals surface area contributed by atoms with Crippen molar-refractivity contribution < 1.29 is 9.50 Å². The molecule has 0 unspecified atom stereocenters. The minimum atomic E-state index is -0.300. The van der Waals surface area contributed by atoms with Gasteiger partial charge >= 0.3 is 0 Å². The first kappa shape index (κ1) is 18.9. The van der Waals surface area contributed by atoms with Gasteiger partial charge in [0.1, 0.15) is 23.0 Å². The van der Waals surface area contributed by atoms with Crippen LogP contribution in [0.1, 0.15) is 5.56 Å². The van der Waals surface area contributed by atoms with Crippen molar-refractivity contribution >= 4 is 11.5 Å². The van der Waals surface area contributed by atoms with Gasteiger partial charge in [-0.1, -0.05) is 24.3 Å². The molecule has 0 amide bonds. The third-order valence-corrected chi connectivity index (χ3v) is 5.12. The van der Waals surface area contributed by atoms with Gasteiger partial charge in [-0.25, -0.2) is 18.9 Å². The van der Waals surface area contributed by atoms with E-state index in [9.17, 15) is 9.50 Å². The molecule has 2 aromatic carbocycles. The zero-order valence-electron chi connectivity index (χ0n) is 16.4. The average molecular weight is 411 g/mol. The summed E-state index contributed by atoms with van der Waals surface area (Å²) in [4.78, 5) is 8.98. The number of hydrogen-bond donors (Lipinski definition) is 2. The van der Waals surface area contributed by atoms with E-state index >= 15 is 0 Å². The number of halogens is 1. The quantitative estimate of drug-likeness (QED) is 0.459. The van der Waals surface area contributed by atoms with Crippen LogP contribution in [-0.2, 0) is 6.61 Å². The maximum absolute atomic E-state index is 13.4. The summed E-state index contributed by atoms with van der Waals surface area (Å²) < 4.78 is 15.1. The van der Waals surface area contributed by atoms with Gasteiger partial charge in [0.2, 0.25) is 0 Å². The number of pyridine rings is 1. The molecule has 0 saturated heterocycles. The number of anilines is 1. The van der Waals surface area contributed by atoms with Gasteiger partial charge < -0.3 is 10.8 Å². The van der Waals surface area contributed by atoms with Crippen molar-refractivity contribution in [2.45, 2.75) is 6.61 Å². The van der Waals surface area contributed by atoms with Crippen LogP contribution in [0.15, 0.2) is 79.0 Å². The molecule has 0 spiro atoms. The van der Waals surface area contributed by atoms with Gasteiger partial charge in [-0.05, 0) is 54.1 Å². The van der Waals surface area contributed by atoms with Crippen LogP contribution in [0.2, 0.25) is 0 Å². The summed E-state index contributed by atoms with van der Waals surface area (Å²) >= 11 is 0. The molecule has 0 aliphatic rings. The second-order valence-electron chi connectivity index (χ2n) is 7.10. The highest BCUT2D eigenvalue weighted by molar-refractivity contribution is 5.86. The van der Waals surface area contributed by atoms with Gasteiger partial charge in [0.05, 0.1) is 12.3 Å². The highest BCUT2D eigenvalue weighted by Crippen LogP contribution is 2.35. The van der Waals surface area contributed by atoms with Crippen LogP contribution in [0.5, 0.6) is 0 Å². The van der Waals surface area contributed by atoms with Crippen molar-refractivity contribution in [2.75, 3.05) is 5.73 Å². The lowest BCUT2D eigenvalue weighted by molar-refractivity contribution is 0.282. The SMILES string of the molecule is Nc1ncccc1-c1nc2ccc(-c3ccc(F)cc3)nn2c1-c1ccc(CO)cc1. The van der Waals surface area contributed by atoms with Gasteiger partial charge in [-0.3, -0.25) is 0 Å². The summed E-state index contributed by atoms with van der Waals surface area (Å²) in [5, 5.41) is 14.2. The van der Waals surface area contributed by atoms with Gasteiger partial charge in [0, 0.05) is 22.9 Å². The number of nitrogens with two attached hydrogens (primary N) is 1. The third kappa shape index (κ3) is 3.41. The number of fused-ring (bicyclic) bond motifs is 1. The molecule has 0 atom stereocenters. The van der Waals surface area contributed by atoms with Crippen LogP contribution in [0.3, 0.4) is 0 Å². The molecular weight excluding hydrogens is 393 g/mol. The molecule has 6 nitrogen and oxygen atoms in total. The number of nitrogen functional groups attached to an aromatic ring is 1. The molecule has 0 aliphatic carbocycles. The van der Waals surface area contributed by atoms with Crippen molar-refractivity contribution in [1.82, 2.24) is 19.6 Å². The zero-order valence-corrected chi connectivity index (χ0v) is 16.4. The molecule has 5 rings (SSSR count). The van der Waals surface area contributed by atoms with Crippen molar-refractivity contribution in [3.8, 4) is 33.8 Å². The number of hydrogen-bond acceptors (Lipinski definition) is 5. The largest absolute Gasteiger partial charge is 0.392 e. The summed E-state index contributed by atoms with van der Waals surface area (Å²) in [6.07, 6.45) is 1.63. The Morgan fingerprint density at radius 2 is 1.65 bits per heavy atom. The van der Waals surface area contributed by atoms with Gasteiger partial charge in [0.15, 0.2) is 5.65 Å². The van der Waals surface area contributed by atoms with Crippen LogP contribution in [0.25, 0.3) is 39.4 Å². The normalized spacial score (nSPS) is 11.2. The monoisotopic (exact) mass is 411 g/mol. The minimum absolute atomic E-state index is 0.0389. The molecule has 5 aromatic rings. The van der Waals surface area contributed by atoms with Gasteiger partial charge in [-0.15, -0.1) is 0 Å². The lowest BCUT2D eigenvalue weighted by Gasteiger charge is -2.08. The predicted molar refractivity (Wildman–Crippen MR) is 117 cm³/mol. The Hall–Kier alpha value is -4.10. The predicted octanol–water partition coefficient (Wildman–Crippen LogP) is 4.34. The molecule has 0 saturated carbocycles. The number of aliphatic hydroxyl groups excluding tert-OH is 1. The summed E-state index contributed by atoms with van der Waals surface area (Å²) in [6, 6.07) is 21.1. The van der Waals surface area contributed by atoms with E-state index in [1.807, 2.05) is 48.5 Å². The summed E-state index contributed by atoms with van der Waals surface area (Å²) in [5.74, 6) is 0.0735. The van der Waals surface area contributed by atoms with E-state index in [-0.39, 0.29) is 12.4 Å². The van der Waals surface area contributed by atoms with E-state index in [1.165, 1.54) is 12.1 Å². The zero-order chi connectivity index (χ0) is 21.4. The summed E-state index contributed by atoms with van der Waals surface area (Å²) in [5.41, 5.74) is 12.1. The molecule has 3 N–H and O–H groups in total. The Morgan fingerprint density at radius 1 is 0.903 bits per heavy atom. The van der Waals surface area contributed by atoms with Gasteiger partial charge in [0.25, 0.3) is 0 Å². The maximum Gasteiger partial charge on any atom is 0.155 e. The van der Waals surface area contributed by atoms with Crippen LogP contribution in [0.4, 0.5) is 10.2 Å². The number of aromatic nitrogens is 4. The Labute approximate surface area is 177 Å². The Bertz CT molecular complexity index is 1380. The molecule has 0 aliphatic heterocycles. The highest BCUT2D eigenvalue weighted by atomic mass is 19.1. The Balaban J connectivity index is 1.77. The van der Waals surface area contributed by atoms with E-state index in [0.29, 0.717) is 28.4 Å². The van der Waals surface area contributed by atoms with E-state index in [2.05, 4.69) is 4.98 Å². The second kappa shape index (κ2) is 7.62. The standard InChI is InChI=1S/C24H18FN5O/c25-18-9-7-16(8-10-18)20-11-12-21-28-22(19-2-1-13-27-24(19)26)23(30(21)29-20)17-5-3-15(14-31)4-6-17/h1-13,31H,14H2,(H2,26,27). The fourth-order valence-corrected chi connectivity index (χ4v) is 3.54. The Morgan fingerprint density at radius 3 is 2.35 bits per heavy atom. The summed E-state index contributed by atoms with van der Waals surface area (Å²) in [7, 11) is 0. The molecule has 0 fully saturated rings. The first-order valence-corrected chi connectivity index (χ1v) is 9.71. The fraction of sp³-hybridized carbons (Fsp3) is 0.0417. The number of aliphatic hydroxyl groups is 1. The lowest BCUT2D eigenvalue weighted by Crippen LogP contribution is -1.98. The molecule has 0 bridgehead atoms. The molecule has 3 aromatic heterocycles. The van der Waals surface area contributed by atoms with E-state index in [1.54, 1.807) is 22.8 Å². The lowest BCUT2D eigenvalue weighted by atomic mass is 10.0. The van der Waals surface area contributed by atoms with Crippen molar-refractivity contribution in [3.63, 3.8) is 0 Å². The highest BCUT2D eigenvalue weighted by Gasteiger charge is 2.19. The van der Waals surface area contributed by atoms with E-state index in [4.69, 9.17) is 15.8 Å². The first-order valence-electron chi connectivity index (χ1n) is 9.71. The van der Waals surface area contributed by atoms with Crippen LogP contribution in [0, 0.1) is 5.82 Å². The first-order chi connectivity index (χ1) is 15.1. The second-order valence-corrected chi connectivity index (χ2v) is 7.10. The van der Waals surface area contributed by atoms with E-state index < -0.39 is 0 Å². The minimum Gasteiger partial charge on any atom is -0.392 e. The van der Waals surface area contributed by atoms with E-state index in [0.717, 1.165) is 22.4 Å². The van der Waals surface area contributed by atoms with Crippen molar-refractivity contribution in [3.05, 3.63) is 90.4 Å². The van der Waals surface area contributed by atoms with Crippen molar-refractivity contribution in [2.24, 2.45) is 0 Å². The molecule has 3 heterocycles. The molecule has 152 valence electrons. The molecule has 31 heavy (non-hydrogen) atoms. The van der Waals surface area contributed by atoms with Gasteiger partial charge in [-0.2, -0.15) is 5.10 Å². The smallest absolute Gasteiger partial charge is 0.155 e. The Kier molecular flexibility index (Phi) is 4.65. The average Bonchev–Trinajstić information content (AvgIpc) is 3.18. The number of benzene rings is 2. The number of rotatable bonds is 4.